The van der Waals surface area contributed by atoms with Crippen LogP contribution in [0.4, 0.5) is 0 Å². The SMILES string of the molecule is CCNC(=NCC1(SCC)CCOCC1)NC(C)CCC(C)C. The van der Waals surface area contributed by atoms with Crippen molar-refractivity contribution in [2.24, 2.45) is 10.9 Å². The van der Waals surface area contributed by atoms with Crippen LogP contribution in [0.15, 0.2) is 4.99 Å². The molecule has 2 N–H and O–H groups in total. The van der Waals surface area contributed by atoms with E-state index < -0.39 is 0 Å². The number of aliphatic imine (C=N–C) groups is 1. The number of guanidine groups is 1. The second kappa shape index (κ2) is 11.2. The van der Waals surface area contributed by atoms with Gasteiger partial charge in [-0.15, -0.1) is 0 Å². The van der Waals surface area contributed by atoms with Gasteiger partial charge in [-0.3, -0.25) is 4.99 Å². The first kappa shape index (κ1) is 20.6. The fourth-order valence-electron chi connectivity index (χ4n) is 2.83. The Bertz CT molecular complexity index is 336. The molecule has 1 heterocycles. The van der Waals surface area contributed by atoms with Gasteiger partial charge in [0.2, 0.25) is 0 Å². The van der Waals surface area contributed by atoms with Crippen molar-refractivity contribution >= 4 is 17.7 Å². The molecule has 1 atom stereocenters. The highest BCUT2D eigenvalue weighted by Crippen LogP contribution is 2.35. The predicted molar refractivity (Wildman–Crippen MR) is 104 cm³/mol. The van der Waals surface area contributed by atoms with Crippen LogP contribution in [-0.4, -0.2) is 48.8 Å². The van der Waals surface area contributed by atoms with Gasteiger partial charge in [-0.05, 0) is 51.2 Å². The van der Waals surface area contributed by atoms with Crippen LogP contribution in [0.1, 0.15) is 60.3 Å². The zero-order chi connectivity index (χ0) is 17.1. The summed E-state index contributed by atoms with van der Waals surface area (Å²) in [4.78, 5) is 4.91. The van der Waals surface area contributed by atoms with Crippen LogP contribution < -0.4 is 10.6 Å². The zero-order valence-corrected chi connectivity index (χ0v) is 16.6. The largest absolute Gasteiger partial charge is 0.381 e. The molecule has 0 aliphatic carbocycles. The highest BCUT2D eigenvalue weighted by Gasteiger charge is 2.32. The Balaban J connectivity index is 2.61. The van der Waals surface area contributed by atoms with Crippen molar-refractivity contribution in [3.63, 3.8) is 0 Å². The van der Waals surface area contributed by atoms with Crippen molar-refractivity contribution in [1.82, 2.24) is 10.6 Å². The van der Waals surface area contributed by atoms with Crippen molar-refractivity contribution in [2.45, 2.75) is 71.1 Å². The fourth-order valence-corrected chi connectivity index (χ4v) is 4.05. The number of nitrogens with one attached hydrogen (secondary N) is 2. The Morgan fingerprint density at radius 2 is 1.87 bits per heavy atom. The highest BCUT2D eigenvalue weighted by molar-refractivity contribution is 8.00. The van der Waals surface area contributed by atoms with Crippen molar-refractivity contribution in [3.8, 4) is 0 Å². The zero-order valence-electron chi connectivity index (χ0n) is 15.8. The number of rotatable bonds is 9. The van der Waals surface area contributed by atoms with Crippen LogP contribution in [0.25, 0.3) is 0 Å². The Morgan fingerprint density at radius 1 is 1.17 bits per heavy atom. The normalized spacial score (nSPS) is 19.7. The quantitative estimate of drug-likeness (QED) is 0.495. The first-order valence-corrected chi connectivity index (χ1v) is 10.3. The molecule has 1 unspecified atom stereocenters. The summed E-state index contributed by atoms with van der Waals surface area (Å²) in [5.41, 5.74) is 0. The summed E-state index contributed by atoms with van der Waals surface area (Å²) in [6.07, 6.45) is 4.65. The standard InChI is InChI=1S/C18H37N3OS/c1-6-19-17(21-16(5)9-8-15(3)4)20-14-18(23-7-2)10-12-22-13-11-18/h15-16H,6-14H2,1-5H3,(H2,19,20,21). The van der Waals surface area contributed by atoms with Gasteiger partial charge in [0.05, 0.1) is 6.54 Å². The topological polar surface area (TPSA) is 45.7 Å². The maximum Gasteiger partial charge on any atom is 0.191 e. The molecule has 0 aromatic carbocycles. The average Bonchev–Trinajstić information content (AvgIpc) is 2.52. The number of hydrogen-bond donors (Lipinski definition) is 2. The van der Waals surface area contributed by atoms with E-state index >= 15 is 0 Å². The Hall–Kier alpha value is -0.420. The van der Waals surface area contributed by atoms with Gasteiger partial charge in [0.25, 0.3) is 0 Å². The van der Waals surface area contributed by atoms with E-state index in [9.17, 15) is 0 Å². The lowest BCUT2D eigenvalue weighted by Gasteiger charge is -2.35. The number of ether oxygens (including phenoxy) is 1. The summed E-state index contributed by atoms with van der Waals surface area (Å²) >= 11 is 2.05. The van der Waals surface area contributed by atoms with Gasteiger partial charge in [0, 0.05) is 30.5 Å². The lowest BCUT2D eigenvalue weighted by molar-refractivity contribution is 0.0793. The maximum atomic E-state index is 5.55. The third-order valence-corrected chi connectivity index (χ3v) is 5.72. The van der Waals surface area contributed by atoms with E-state index in [4.69, 9.17) is 9.73 Å². The first-order valence-electron chi connectivity index (χ1n) is 9.28. The minimum atomic E-state index is 0.260. The van der Waals surface area contributed by atoms with Crippen LogP contribution in [-0.2, 0) is 4.74 Å². The molecule has 0 aromatic heterocycles. The van der Waals surface area contributed by atoms with E-state index in [0.29, 0.717) is 6.04 Å². The summed E-state index contributed by atoms with van der Waals surface area (Å²) < 4.78 is 5.81. The number of hydrogen-bond acceptors (Lipinski definition) is 3. The van der Waals surface area contributed by atoms with Crippen molar-refractivity contribution in [3.05, 3.63) is 0 Å². The molecule has 0 radical (unpaired) electrons. The van der Waals surface area contributed by atoms with Crippen LogP contribution in [0.3, 0.4) is 0 Å². The molecule has 0 spiro atoms. The summed E-state index contributed by atoms with van der Waals surface area (Å²) in [5, 5.41) is 6.97. The molecule has 136 valence electrons. The van der Waals surface area contributed by atoms with Gasteiger partial charge in [0.15, 0.2) is 5.96 Å². The molecule has 1 fully saturated rings. The van der Waals surface area contributed by atoms with Gasteiger partial charge in [-0.1, -0.05) is 20.8 Å². The van der Waals surface area contributed by atoms with Crippen LogP contribution in [0.2, 0.25) is 0 Å². The van der Waals surface area contributed by atoms with E-state index in [0.717, 1.165) is 56.8 Å². The number of nitrogens with zero attached hydrogens (tertiary/aromatic N) is 1. The van der Waals surface area contributed by atoms with E-state index in [-0.39, 0.29) is 4.75 Å². The van der Waals surface area contributed by atoms with Gasteiger partial charge in [0.1, 0.15) is 0 Å². The van der Waals surface area contributed by atoms with Crippen LogP contribution >= 0.6 is 11.8 Å². The maximum absolute atomic E-state index is 5.55. The first-order chi connectivity index (χ1) is 11.0. The van der Waals surface area contributed by atoms with E-state index in [2.05, 4.69) is 57.0 Å². The monoisotopic (exact) mass is 343 g/mol. The Kier molecular flexibility index (Phi) is 10.0. The van der Waals surface area contributed by atoms with Crippen LogP contribution in [0.5, 0.6) is 0 Å². The fraction of sp³-hybridized carbons (Fsp3) is 0.944. The molecule has 0 saturated carbocycles. The smallest absolute Gasteiger partial charge is 0.191 e. The van der Waals surface area contributed by atoms with Gasteiger partial charge in [-0.2, -0.15) is 11.8 Å². The summed E-state index contributed by atoms with van der Waals surface area (Å²) in [6.45, 7) is 14.7. The summed E-state index contributed by atoms with van der Waals surface area (Å²) in [7, 11) is 0. The molecule has 4 nitrogen and oxygen atoms in total. The number of thioether (sulfide) groups is 1. The molecule has 0 amide bonds. The van der Waals surface area contributed by atoms with Gasteiger partial charge < -0.3 is 15.4 Å². The van der Waals surface area contributed by atoms with Gasteiger partial charge >= 0.3 is 0 Å². The summed E-state index contributed by atoms with van der Waals surface area (Å²) in [6, 6.07) is 0.458. The molecule has 5 heteroatoms. The summed E-state index contributed by atoms with van der Waals surface area (Å²) in [5.74, 6) is 2.86. The minimum Gasteiger partial charge on any atom is -0.381 e. The molecule has 1 aliphatic rings. The van der Waals surface area contributed by atoms with Gasteiger partial charge in [-0.25, -0.2) is 0 Å². The lowest BCUT2D eigenvalue weighted by atomic mass is 9.99. The molecule has 1 rings (SSSR count). The second-order valence-electron chi connectivity index (χ2n) is 6.94. The molecule has 1 saturated heterocycles. The second-order valence-corrected chi connectivity index (χ2v) is 8.67. The van der Waals surface area contributed by atoms with Crippen molar-refractivity contribution in [2.75, 3.05) is 32.1 Å². The molecule has 0 bridgehead atoms. The Morgan fingerprint density at radius 3 is 2.43 bits per heavy atom. The molecule has 1 aliphatic heterocycles. The molecule has 23 heavy (non-hydrogen) atoms. The van der Waals surface area contributed by atoms with E-state index in [1.807, 2.05) is 0 Å². The van der Waals surface area contributed by atoms with Crippen LogP contribution in [0, 0.1) is 5.92 Å². The van der Waals surface area contributed by atoms with Crippen molar-refractivity contribution in [1.29, 1.82) is 0 Å². The predicted octanol–water partition coefficient (Wildman–Crippen LogP) is 3.67. The Labute approximate surface area is 147 Å². The van der Waals surface area contributed by atoms with Crippen molar-refractivity contribution < 1.29 is 4.74 Å². The van der Waals surface area contributed by atoms with E-state index in [1.165, 1.54) is 12.8 Å². The molecule has 0 aromatic rings. The molecular formula is C18H37N3OS. The highest BCUT2D eigenvalue weighted by atomic mass is 32.2. The lowest BCUT2D eigenvalue weighted by Crippen LogP contribution is -2.44. The van der Waals surface area contributed by atoms with E-state index in [1.54, 1.807) is 0 Å². The third kappa shape index (κ3) is 8.30. The minimum absolute atomic E-state index is 0.260. The molecular weight excluding hydrogens is 306 g/mol. The average molecular weight is 344 g/mol. The third-order valence-electron chi connectivity index (χ3n) is 4.28.